The lowest BCUT2D eigenvalue weighted by atomic mass is 10.0. The summed E-state index contributed by atoms with van der Waals surface area (Å²) >= 11 is 0. The number of rotatable bonds is 3. The molecule has 0 aliphatic carbocycles. The molecule has 0 radical (unpaired) electrons. The van der Waals surface area contributed by atoms with Gasteiger partial charge in [-0.25, -0.2) is 4.39 Å². The van der Waals surface area contributed by atoms with E-state index in [0.717, 1.165) is 49.1 Å². The van der Waals surface area contributed by atoms with Crippen LogP contribution in [0.25, 0.3) is 10.9 Å². The molecule has 6 heteroatoms. The Kier molecular flexibility index (Phi) is 6.44. The molecule has 0 atom stereocenters. The van der Waals surface area contributed by atoms with E-state index >= 15 is 0 Å². The van der Waals surface area contributed by atoms with Gasteiger partial charge in [0.1, 0.15) is 5.82 Å². The summed E-state index contributed by atoms with van der Waals surface area (Å²) in [6.07, 6.45) is 3.75. The smallest absolute Gasteiger partial charge is 0.123 e. The summed E-state index contributed by atoms with van der Waals surface area (Å²) in [5, 5.41) is 1.06. The van der Waals surface area contributed by atoms with Crippen LogP contribution in [-0.4, -0.2) is 28.0 Å². The number of nitrogens with zero attached hydrogens (tertiary/aromatic N) is 3. The first-order valence-electron chi connectivity index (χ1n) is 8.10. The maximum Gasteiger partial charge on any atom is 0.123 e. The third-order valence-corrected chi connectivity index (χ3v) is 4.72. The van der Waals surface area contributed by atoms with Crippen molar-refractivity contribution in [1.82, 2.24) is 14.5 Å². The van der Waals surface area contributed by atoms with Crippen LogP contribution in [0.5, 0.6) is 0 Å². The fourth-order valence-corrected chi connectivity index (χ4v) is 3.58. The van der Waals surface area contributed by atoms with Gasteiger partial charge in [0.05, 0.1) is 0 Å². The van der Waals surface area contributed by atoms with Crippen molar-refractivity contribution < 1.29 is 4.39 Å². The van der Waals surface area contributed by atoms with Crippen LogP contribution >= 0.6 is 24.8 Å². The minimum atomic E-state index is -0.157. The maximum atomic E-state index is 13.7. The third kappa shape index (κ3) is 3.81. The minimum absolute atomic E-state index is 0. The van der Waals surface area contributed by atoms with Gasteiger partial charge in [-0.2, -0.15) is 0 Å². The third-order valence-electron chi connectivity index (χ3n) is 4.72. The van der Waals surface area contributed by atoms with Gasteiger partial charge in [-0.15, -0.1) is 24.8 Å². The Hall–Kier alpha value is -1.62. The van der Waals surface area contributed by atoms with E-state index in [2.05, 4.69) is 27.6 Å². The van der Waals surface area contributed by atoms with Crippen LogP contribution in [0.1, 0.15) is 17.0 Å². The monoisotopic (exact) mass is 381 g/mol. The standard InChI is InChI=1S/C19H20FN3.2ClH/c1-22-10-8-19-17(13-22)16-12-14(20)5-6-18(16)23(19)11-7-15-4-2-3-9-21-15;;/h2-6,9,12H,7-8,10-11,13H2,1H3;2*1H. The van der Waals surface area contributed by atoms with Crippen molar-refractivity contribution in [2.45, 2.75) is 25.9 Å². The molecule has 0 N–H and O–H groups in total. The zero-order chi connectivity index (χ0) is 15.8. The van der Waals surface area contributed by atoms with Crippen LogP contribution in [0, 0.1) is 5.82 Å². The molecule has 0 amide bonds. The molecule has 0 bridgehead atoms. The van der Waals surface area contributed by atoms with Crippen LogP contribution in [0.3, 0.4) is 0 Å². The molecule has 3 heterocycles. The van der Waals surface area contributed by atoms with E-state index < -0.39 is 0 Å². The highest BCUT2D eigenvalue weighted by atomic mass is 35.5. The van der Waals surface area contributed by atoms with E-state index in [4.69, 9.17) is 0 Å². The number of fused-ring (bicyclic) bond motifs is 3. The highest BCUT2D eigenvalue weighted by Crippen LogP contribution is 2.31. The van der Waals surface area contributed by atoms with Gasteiger partial charge in [0.15, 0.2) is 0 Å². The van der Waals surface area contributed by atoms with E-state index in [1.807, 2.05) is 24.4 Å². The number of pyridine rings is 1. The van der Waals surface area contributed by atoms with Crippen molar-refractivity contribution in [3.05, 3.63) is 65.4 Å². The Labute approximate surface area is 159 Å². The van der Waals surface area contributed by atoms with Crippen molar-refractivity contribution in [3.8, 4) is 0 Å². The van der Waals surface area contributed by atoms with Crippen LogP contribution < -0.4 is 0 Å². The van der Waals surface area contributed by atoms with Gasteiger partial charge < -0.3 is 9.47 Å². The highest BCUT2D eigenvalue weighted by Gasteiger charge is 2.22. The molecular weight excluding hydrogens is 360 g/mol. The zero-order valence-corrected chi connectivity index (χ0v) is 15.7. The lowest BCUT2D eigenvalue weighted by Crippen LogP contribution is -2.27. The Morgan fingerprint density at radius 3 is 2.76 bits per heavy atom. The average Bonchev–Trinajstić information content (AvgIpc) is 2.86. The fourth-order valence-electron chi connectivity index (χ4n) is 3.58. The van der Waals surface area contributed by atoms with Gasteiger partial charge in [0.2, 0.25) is 0 Å². The van der Waals surface area contributed by atoms with Gasteiger partial charge in [-0.05, 0) is 42.9 Å². The van der Waals surface area contributed by atoms with Gasteiger partial charge in [-0.1, -0.05) is 6.07 Å². The second kappa shape index (κ2) is 8.17. The molecule has 1 aromatic carbocycles. The zero-order valence-electron chi connectivity index (χ0n) is 14.1. The van der Waals surface area contributed by atoms with Gasteiger partial charge in [-0.3, -0.25) is 4.98 Å². The molecule has 0 unspecified atom stereocenters. The number of likely N-dealkylation sites (N-methyl/N-ethyl adjacent to an activating group) is 1. The number of aromatic nitrogens is 2. The molecule has 1 aliphatic heterocycles. The van der Waals surface area contributed by atoms with Crippen LogP contribution in [0.4, 0.5) is 4.39 Å². The van der Waals surface area contributed by atoms with E-state index in [0.29, 0.717) is 0 Å². The van der Waals surface area contributed by atoms with Gasteiger partial charge >= 0.3 is 0 Å². The molecule has 0 fully saturated rings. The van der Waals surface area contributed by atoms with E-state index in [1.54, 1.807) is 12.1 Å². The summed E-state index contributed by atoms with van der Waals surface area (Å²) < 4.78 is 16.1. The SMILES string of the molecule is CN1CCc2c(c3cc(F)ccc3n2CCc2ccccn2)C1.Cl.Cl. The van der Waals surface area contributed by atoms with Crippen molar-refractivity contribution >= 4 is 35.7 Å². The summed E-state index contributed by atoms with van der Waals surface area (Å²) in [7, 11) is 2.12. The predicted molar refractivity (Wildman–Crippen MR) is 104 cm³/mol. The Morgan fingerprint density at radius 1 is 1.16 bits per heavy atom. The molecule has 25 heavy (non-hydrogen) atoms. The first-order valence-corrected chi connectivity index (χ1v) is 8.10. The highest BCUT2D eigenvalue weighted by molar-refractivity contribution is 5.86. The van der Waals surface area contributed by atoms with Crippen molar-refractivity contribution in [1.29, 1.82) is 0 Å². The predicted octanol–water partition coefficient (Wildman–Crippen LogP) is 4.25. The maximum absolute atomic E-state index is 13.7. The molecule has 4 rings (SSSR count). The summed E-state index contributed by atoms with van der Waals surface area (Å²) in [6.45, 7) is 2.83. The van der Waals surface area contributed by atoms with Crippen molar-refractivity contribution in [3.63, 3.8) is 0 Å². The Morgan fingerprint density at radius 2 is 2.00 bits per heavy atom. The summed E-state index contributed by atoms with van der Waals surface area (Å²) in [4.78, 5) is 6.72. The lowest BCUT2D eigenvalue weighted by Gasteiger charge is -2.24. The lowest BCUT2D eigenvalue weighted by molar-refractivity contribution is 0.309. The summed E-state index contributed by atoms with van der Waals surface area (Å²) in [5.41, 5.74) is 4.88. The first kappa shape index (κ1) is 19.7. The largest absolute Gasteiger partial charge is 0.344 e. The number of hydrogen-bond donors (Lipinski definition) is 0. The number of benzene rings is 1. The molecule has 1 aliphatic rings. The van der Waals surface area contributed by atoms with Gasteiger partial charge in [0.25, 0.3) is 0 Å². The van der Waals surface area contributed by atoms with E-state index in [-0.39, 0.29) is 30.6 Å². The molecule has 134 valence electrons. The molecule has 0 saturated heterocycles. The topological polar surface area (TPSA) is 21.1 Å². The molecule has 2 aromatic heterocycles. The quantitative estimate of drug-likeness (QED) is 0.675. The Bertz CT molecular complexity index is 849. The summed E-state index contributed by atoms with van der Waals surface area (Å²) in [6, 6.07) is 11.2. The number of aryl methyl sites for hydroxylation is 2. The first-order chi connectivity index (χ1) is 11.2. The molecule has 0 saturated carbocycles. The number of hydrogen-bond acceptors (Lipinski definition) is 2. The minimum Gasteiger partial charge on any atom is -0.344 e. The van der Waals surface area contributed by atoms with Crippen LogP contribution in [0.2, 0.25) is 0 Å². The molecular formula is C19H22Cl2FN3. The van der Waals surface area contributed by atoms with Crippen molar-refractivity contribution in [2.24, 2.45) is 0 Å². The second-order valence-electron chi connectivity index (χ2n) is 6.30. The summed E-state index contributed by atoms with van der Waals surface area (Å²) in [5.74, 6) is -0.157. The second-order valence-corrected chi connectivity index (χ2v) is 6.30. The average molecular weight is 382 g/mol. The Balaban J connectivity index is 0.00000113. The van der Waals surface area contributed by atoms with Crippen molar-refractivity contribution in [2.75, 3.05) is 13.6 Å². The van der Waals surface area contributed by atoms with Crippen LogP contribution in [0.15, 0.2) is 42.6 Å². The molecule has 0 spiro atoms. The molecule has 3 nitrogen and oxygen atoms in total. The van der Waals surface area contributed by atoms with E-state index in [1.165, 1.54) is 11.3 Å². The fraction of sp³-hybridized carbons (Fsp3) is 0.316. The molecule has 3 aromatic rings. The van der Waals surface area contributed by atoms with E-state index in [9.17, 15) is 4.39 Å². The number of halogens is 3. The normalized spacial score (nSPS) is 13.8. The van der Waals surface area contributed by atoms with Crippen LogP contribution in [-0.2, 0) is 25.9 Å². The van der Waals surface area contributed by atoms with Gasteiger partial charge in [0, 0.05) is 61.0 Å².